The van der Waals surface area contributed by atoms with E-state index in [0.29, 0.717) is 12.0 Å². The molecular formula is C12H21N5O2. The molecule has 1 atom stereocenters. The molecule has 106 valence electrons. The fourth-order valence-corrected chi connectivity index (χ4v) is 2.23. The number of hydrogen-bond acceptors (Lipinski definition) is 7. The Bertz CT molecular complexity index is 393. The lowest BCUT2D eigenvalue weighted by molar-refractivity contribution is 0.226. The number of rotatable bonds is 5. The average molecular weight is 267 g/mol. The predicted molar refractivity (Wildman–Crippen MR) is 71.7 cm³/mol. The van der Waals surface area contributed by atoms with Crippen LogP contribution in [0.5, 0.6) is 12.0 Å². The lowest BCUT2D eigenvalue weighted by atomic mass is 10.1. The standard InChI is InChI=1S/C12H21N5O2/c1-4-17-7-5-6-9(8-17)13-10-14-11(18-2)16-12(15-10)19-3/h9H,4-8H2,1-3H3,(H,13,14,15,16). The van der Waals surface area contributed by atoms with Crippen LogP contribution >= 0.6 is 0 Å². The Labute approximate surface area is 113 Å². The molecule has 1 aliphatic heterocycles. The molecule has 0 saturated carbocycles. The summed E-state index contributed by atoms with van der Waals surface area (Å²) in [5.74, 6) is 0.506. The van der Waals surface area contributed by atoms with Gasteiger partial charge >= 0.3 is 12.0 Å². The number of likely N-dealkylation sites (tertiary alicyclic amines) is 1. The number of piperidine rings is 1. The minimum atomic E-state index is 0.262. The molecule has 1 aliphatic rings. The quantitative estimate of drug-likeness (QED) is 0.845. The molecule has 1 aromatic heterocycles. The van der Waals surface area contributed by atoms with Crippen molar-refractivity contribution in [1.29, 1.82) is 0 Å². The lowest BCUT2D eigenvalue weighted by Crippen LogP contribution is -2.42. The highest BCUT2D eigenvalue weighted by Gasteiger charge is 2.20. The molecule has 2 rings (SSSR count). The first-order valence-corrected chi connectivity index (χ1v) is 6.58. The summed E-state index contributed by atoms with van der Waals surface area (Å²) < 4.78 is 10.1. The Morgan fingerprint density at radius 1 is 1.21 bits per heavy atom. The van der Waals surface area contributed by atoms with Gasteiger partial charge in [0.1, 0.15) is 0 Å². The molecular weight excluding hydrogens is 246 g/mol. The maximum atomic E-state index is 5.04. The fourth-order valence-electron chi connectivity index (χ4n) is 2.23. The molecule has 7 heteroatoms. The summed E-state index contributed by atoms with van der Waals surface area (Å²) in [5.41, 5.74) is 0. The largest absolute Gasteiger partial charge is 0.467 e. The van der Waals surface area contributed by atoms with Crippen molar-refractivity contribution in [3.05, 3.63) is 0 Å². The van der Waals surface area contributed by atoms with Gasteiger partial charge in [-0.2, -0.15) is 9.97 Å². The van der Waals surface area contributed by atoms with Crippen molar-refractivity contribution in [1.82, 2.24) is 19.9 Å². The van der Waals surface area contributed by atoms with Crippen LogP contribution in [0.1, 0.15) is 19.8 Å². The molecule has 1 N–H and O–H groups in total. The van der Waals surface area contributed by atoms with Crippen LogP contribution in [0.15, 0.2) is 0 Å². The van der Waals surface area contributed by atoms with Gasteiger partial charge in [-0.25, -0.2) is 0 Å². The summed E-state index contributed by atoms with van der Waals surface area (Å²) in [7, 11) is 3.05. The molecule has 0 aromatic carbocycles. The van der Waals surface area contributed by atoms with Crippen LogP contribution in [0.25, 0.3) is 0 Å². The van der Waals surface area contributed by atoms with Crippen molar-refractivity contribution in [3.63, 3.8) is 0 Å². The van der Waals surface area contributed by atoms with Crippen LogP contribution in [-0.2, 0) is 0 Å². The predicted octanol–water partition coefficient (Wildman–Crippen LogP) is 0.785. The molecule has 19 heavy (non-hydrogen) atoms. The number of hydrogen-bond donors (Lipinski definition) is 1. The molecule has 0 radical (unpaired) electrons. The van der Waals surface area contributed by atoms with Crippen LogP contribution < -0.4 is 14.8 Å². The first-order chi connectivity index (χ1) is 9.25. The van der Waals surface area contributed by atoms with Gasteiger partial charge in [-0.3, -0.25) is 0 Å². The zero-order chi connectivity index (χ0) is 13.7. The number of anilines is 1. The molecule has 2 heterocycles. The highest BCUT2D eigenvalue weighted by atomic mass is 16.5. The number of likely N-dealkylation sites (N-methyl/N-ethyl adjacent to an activating group) is 1. The van der Waals surface area contributed by atoms with Gasteiger partial charge in [0.15, 0.2) is 0 Å². The average Bonchev–Trinajstić information content (AvgIpc) is 2.47. The first kappa shape index (κ1) is 13.8. The first-order valence-electron chi connectivity index (χ1n) is 6.58. The van der Waals surface area contributed by atoms with Gasteiger partial charge < -0.3 is 19.7 Å². The molecule has 7 nitrogen and oxygen atoms in total. The van der Waals surface area contributed by atoms with Gasteiger partial charge in [0, 0.05) is 12.6 Å². The van der Waals surface area contributed by atoms with Crippen molar-refractivity contribution in [2.75, 3.05) is 39.2 Å². The molecule has 1 fully saturated rings. The van der Waals surface area contributed by atoms with Crippen LogP contribution in [0.4, 0.5) is 5.95 Å². The van der Waals surface area contributed by atoms with Crippen molar-refractivity contribution >= 4 is 5.95 Å². The summed E-state index contributed by atoms with van der Waals surface area (Å²) in [6.07, 6.45) is 2.30. The van der Waals surface area contributed by atoms with Crippen LogP contribution in [0.3, 0.4) is 0 Å². The zero-order valence-electron chi connectivity index (χ0n) is 11.7. The summed E-state index contributed by atoms with van der Waals surface area (Å²) in [6.45, 7) is 5.42. The number of nitrogens with one attached hydrogen (secondary N) is 1. The smallest absolute Gasteiger partial charge is 0.324 e. The summed E-state index contributed by atoms with van der Waals surface area (Å²) in [6, 6.07) is 0.875. The minimum absolute atomic E-state index is 0.262. The van der Waals surface area contributed by atoms with E-state index in [1.54, 1.807) is 0 Å². The van der Waals surface area contributed by atoms with Gasteiger partial charge in [-0.15, -0.1) is 4.98 Å². The van der Waals surface area contributed by atoms with Crippen molar-refractivity contribution in [3.8, 4) is 12.0 Å². The summed E-state index contributed by atoms with van der Waals surface area (Å²) in [4.78, 5) is 14.8. The maximum absolute atomic E-state index is 5.04. The highest BCUT2D eigenvalue weighted by molar-refractivity contribution is 5.29. The third-order valence-corrected chi connectivity index (χ3v) is 3.25. The van der Waals surface area contributed by atoms with Crippen LogP contribution in [0.2, 0.25) is 0 Å². The van der Waals surface area contributed by atoms with E-state index >= 15 is 0 Å². The Morgan fingerprint density at radius 2 is 1.89 bits per heavy atom. The third kappa shape index (κ3) is 3.66. The number of methoxy groups -OCH3 is 2. The van der Waals surface area contributed by atoms with E-state index in [-0.39, 0.29) is 12.0 Å². The molecule has 1 unspecified atom stereocenters. The Hall–Kier alpha value is -1.63. The SMILES string of the molecule is CCN1CCCC(Nc2nc(OC)nc(OC)n2)C1. The van der Waals surface area contributed by atoms with Crippen LogP contribution in [0, 0.1) is 0 Å². The van der Waals surface area contributed by atoms with E-state index < -0.39 is 0 Å². The summed E-state index contributed by atoms with van der Waals surface area (Å²) in [5, 5.41) is 3.33. The summed E-state index contributed by atoms with van der Waals surface area (Å²) >= 11 is 0. The second-order valence-corrected chi connectivity index (χ2v) is 4.51. The molecule has 0 bridgehead atoms. The molecule has 1 saturated heterocycles. The second-order valence-electron chi connectivity index (χ2n) is 4.51. The van der Waals surface area contributed by atoms with E-state index in [9.17, 15) is 0 Å². The topological polar surface area (TPSA) is 72.4 Å². The highest BCUT2D eigenvalue weighted by Crippen LogP contribution is 2.16. The monoisotopic (exact) mass is 267 g/mol. The second kappa shape index (κ2) is 6.51. The normalized spacial score (nSPS) is 20.1. The Balaban J connectivity index is 2.05. The molecule has 0 spiro atoms. The zero-order valence-corrected chi connectivity index (χ0v) is 11.7. The van der Waals surface area contributed by atoms with E-state index in [0.717, 1.165) is 19.5 Å². The Kier molecular flexibility index (Phi) is 4.73. The van der Waals surface area contributed by atoms with Crippen molar-refractivity contribution in [2.45, 2.75) is 25.8 Å². The van der Waals surface area contributed by atoms with E-state index in [2.05, 4.69) is 32.1 Å². The van der Waals surface area contributed by atoms with Crippen LogP contribution in [-0.4, -0.2) is 59.7 Å². The Morgan fingerprint density at radius 3 is 2.47 bits per heavy atom. The number of ether oxygens (including phenoxy) is 2. The van der Waals surface area contributed by atoms with E-state index in [1.807, 2.05) is 0 Å². The van der Waals surface area contributed by atoms with Gasteiger partial charge in [0.2, 0.25) is 5.95 Å². The van der Waals surface area contributed by atoms with E-state index in [1.165, 1.54) is 27.2 Å². The fraction of sp³-hybridized carbons (Fsp3) is 0.750. The van der Waals surface area contributed by atoms with Gasteiger partial charge in [0.25, 0.3) is 0 Å². The molecule has 0 aliphatic carbocycles. The van der Waals surface area contributed by atoms with Gasteiger partial charge in [-0.05, 0) is 25.9 Å². The maximum Gasteiger partial charge on any atom is 0.324 e. The lowest BCUT2D eigenvalue weighted by Gasteiger charge is -2.32. The number of nitrogens with zero attached hydrogens (tertiary/aromatic N) is 4. The minimum Gasteiger partial charge on any atom is -0.467 e. The third-order valence-electron chi connectivity index (χ3n) is 3.25. The molecule has 0 amide bonds. The molecule has 1 aromatic rings. The number of aromatic nitrogens is 3. The van der Waals surface area contributed by atoms with Gasteiger partial charge in [-0.1, -0.05) is 6.92 Å². The van der Waals surface area contributed by atoms with Gasteiger partial charge in [0.05, 0.1) is 14.2 Å². The van der Waals surface area contributed by atoms with E-state index in [4.69, 9.17) is 9.47 Å². The van der Waals surface area contributed by atoms with Crippen molar-refractivity contribution in [2.24, 2.45) is 0 Å². The van der Waals surface area contributed by atoms with Crippen molar-refractivity contribution < 1.29 is 9.47 Å².